The predicted octanol–water partition coefficient (Wildman–Crippen LogP) is 2.06. The van der Waals surface area contributed by atoms with Crippen LogP contribution in [0, 0.1) is 17.3 Å². The Bertz CT molecular complexity index is 315. The zero-order valence-electron chi connectivity index (χ0n) is 11.3. The van der Waals surface area contributed by atoms with E-state index in [-0.39, 0.29) is 12.4 Å². The average molecular weight is 273 g/mol. The fraction of sp³-hybridized carbons (Fsp3) is 0.929. The fourth-order valence-corrected chi connectivity index (χ4v) is 3.78. The van der Waals surface area contributed by atoms with Crippen LogP contribution in [-0.2, 0) is 4.79 Å². The number of nitrogens with zero attached hydrogens (tertiary/aromatic N) is 1. The minimum atomic E-state index is 0. The van der Waals surface area contributed by atoms with Crippen LogP contribution in [0.4, 0.5) is 0 Å². The van der Waals surface area contributed by atoms with Crippen LogP contribution in [0.1, 0.15) is 39.0 Å². The maximum absolute atomic E-state index is 12.5. The Balaban J connectivity index is 0.00000120. The Labute approximate surface area is 116 Å². The highest BCUT2D eigenvalue weighted by Gasteiger charge is 2.58. The van der Waals surface area contributed by atoms with E-state index in [0.29, 0.717) is 23.2 Å². The van der Waals surface area contributed by atoms with E-state index >= 15 is 0 Å². The van der Waals surface area contributed by atoms with Gasteiger partial charge in [0, 0.05) is 19.0 Å². The monoisotopic (exact) mass is 272 g/mol. The summed E-state index contributed by atoms with van der Waals surface area (Å²) < 4.78 is 0. The SMILES string of the molecule is CC1CCCN(C(=O)C2CC23CCNCC3)C1.Cl. The summed E-state index contributed by atoms with van der Waals surface area (Å²) in [5, 5.41) is 3.40. The van der Waals surface area contributed by atoms with Crippen molar-refractivity contribution >= 4 is 18.3 Å². The van der Waals surface area contributed by atoms with Crippen molar-refractivity contribution in [2.75, 3.05) is 26.2 Å². The molecule has 1 amide bonds. The molecule has 3 fully saturated rings. The van der Waals surface area contributed by atoms with E-state index in [9.17, 15) is 4.79 Å². The Morgan fingerprint density at radius 3 is 2.72 bits per heavy atom. The molecule has 2 atom stereocenters. The summed E-state index contributed by atoms with van der Waals surface area (Å²) in [4.78, 5) is 14.6. The largest absolute Gasteiger partial charge is 0.342 e. The van der Waals surface area contributed by atoms with Crippen LogP contribution in [0.2, 0.25) is 0 Å². The van der Waals surface area contributed by atoms with Crippen molar-refractivity contribution in [2.45, 2.75) is 39.0 Å². The number of rotatable bonds is 1. The molecule has 1 spiro atoms. The molecule has 3 aliphatic rings. The molecule has 4 heteroatoms. The smallest absolute Gasteiger partial charge is 0.226 e. The first-order valence-corrected chi connectivity index (χ1v) is 7.21. The van der Waals surface area contributed by atoms with E-state index in [4.69, 9.17) is 0 Å². The molecule has 0 aromatic carbocycles. The maximum Gasteiger partial charge on any atom is 0.226 e. The number of carbonyl (C=O) groups excluding carboxylic acids is 1. The second kappa shape index (κ2) is 5.38. The quantitative estimate of drug-likeness (QED) is 0.793. The summed E-state index contributed by atoms with van der Waals surface area (Å²) >= 11 is 0. The third kappa shape index (κ3) is 2.53. The van der Waals surface area contributed by atoms with Crippen molar-refractivity contribution in [2.24, 2.45) is 17.3 Å². The topological polar surface area (TPSA) is 32.3 Å². The molecule has 1 aliphatic carbocycles. The molecule has 0 bridgehead atoms. The number of likely N-dealkylation sites (tertiary alicyclic amines) is 1. The van der Waals surface area contributed by atoms with E-state index in [2.05, 4.69) is 17.1 Å². The van der Waals surface area contributed by atoms with Gasteiger partial charge in [0.05, 0.1) is 0 Å². The van der Waals surface area contributed by atoms with Crippen molar-refractivity contribution in [3.05, 3.63) is 0 Å². The van der Waals surface area contributed by atoms with Gasteiger partial charge in [-0.05, 0) is 56.5 Å². The number of nitrogens with one attached hydrogen (secondary N) is 1. The molecule has 104 valence electrons. The summed E-state index contributed by atoms with van der Waals surface area (Å²) in [6.07, 6.45) is 6.09. The molecule has 0 aromatic rings. The molecule has 2 saturated heterocycles. The van der Waals surface area contributed by atoms with Gasteiger partial charge in [0.15, 0.2) is 0 Å². The Morgan fingerprint density at radius 2 is 2.06 bits per heavy atom. The van der Waals surface area contributed by atoms with Crippen molar-refractivity contribution in [3.8, 4) is 0 Å². The van der Waals surface area contributed by atoms with Gasteiger partial charge in [-0.1, -0.05) is 6.92 Å². The molecule has 0 radical (unpaired) electrons. The van der Waals surface area contributed by atoms with E-state index in [1.54, 1.807) is 0 Å². The van der Waals surface area contributed by atoms with Gasteiger partial charge in [-0.15, -0.1) is 12.4 Å². The highest BCUT2D eigenvalue weighted by Crippen LogP contribution is 2.59. The zero-order valence-corrected chi connectivity index (χ0v) is 12.1. The van der Waals surface area contributed by atoms with Gasteiger partial charge >= 0.3 is 0 Å². The van der Waals surface area contributed by atoms with Gasteiger partial charge < -0.3 is 10.2 Å². The third-order valence-corrected chi connectivity index (χ3v) is 5.06. The van der Waals surface area contributed by atoms with Gasteiger partial charge in [-0.3, -0.25) is 4.79 Å². The van der Waals surface area contributed by atoms with E-state index in [0.717, 1.165) is 26.2 Å². The van der Waals surface area contributed by atoms with Crippen molar-refractivity contribution < 1.29 is 4.79 Å². The summed E-state index contributed by atoms with van der Waals surface area (Å²) in [7, 11) is 0. The van der Waals surface area contributed by atoms with E-state index < -0.39 is 0 Å². The van der Waals surface area contributed by atoms with Crippen LogP contribution in [0.3, 0.4) is 0 Å². The van der Waals surface area contributed by atoms with Gasteiger partial charge in [0.2, 0.25) is 5.91 Å². The Kier molecular flexibility index (Phi) is 4.22. The highest BCUT2D eigenvalue weighted by molar-refractivity contribution is 5.85. The van der Waals surface area contributed by atoms with Gasteiger partial charge in [-0.2, -0.15) is 0 Å². The lowest BCUT2D eigenvalue weighted by Crippen LogP contribution is -2.41. The first-order chi connectivity index (χ1) is 8.21. The average Bonchev–Trinajstić information content (AvgIpc) is 3.03. The second-order valence-corrected chi connectivity index (χ2v) is 6.40. The zero-order chi connectivity index (χ0) is 11.9. The molecule has 2 heterocycles. The van der Waals surface area contributed by atoms with Crippen LogP contribution in [-0.4, -0.2) is 37.0 Å². The number of hydrogen-bond acceptors (Lipinski definition) is 2. The summed E-state index contributed by atoms with van der Waals surface area (Å²) in [5.74, 6) is 1.55. The van der Waals surface area contributed by atoms with E-state index in [1.807, 2.05) is 0 Å². The molecule has 1 saturated carbocycles. The number of hydrogen-bond donors (Lipinski definition) is 1. The summed E-state index contributed by atoms with van der Waals surface area (Å²) in [5.41, 5.74) is 0.406. The van der Waals surface area contributed by atoms with Crippen LogP contribution in [0.15, 0.2) is 0 Å². The molecular weight excluding hydrogens is 248 g/mol. The minimum absolute atomic E-state index is 0. The number of piperidine rings is 2. The standard InChI is InChI=1S/C14H24N2O.ClH/c1-11-3-2-8-16(10-11)13(17)12-9-14(12)4-6-15-7-5-14;/h11-12,15H,2-10H2,1H3;1H. The van der Waals surface area contributed by atoms with Crippen molar-refractivity contribution in [1.82, 2.24) is 10.2 Å². The lowest BCUT2D eigenvalue weighted by atomic mass is 9.91. The normalized spacial score (nSPS) is 33.9. The predicted molar refractivity (Wildman–Crippen MR) is 74.9 cm³/mol. The summed E-state index contributed by atoms with van der Waals surface area (Å²) in [6, 6.07) is 0. The molecule has 0 aromatic heterocycles. The van der Waals surface area contributed by atoms with Crippen LogP contribution in [0.25, 0.3) is 0 Å². The van der Waals surface area contributed by atoms with Crippen molar-refractivity contribution in [1.29, 1.82) is 0 Å². The number of carbonyl (C=O) groups is 1. The third-order valence-electron chi connectivity index (χ3n) is 5.06. The Morgan fingerprint density at radius 1 is 1.33 bits per heavy atom. The molecule has 18 heavy (non-hydrogen) atoms. The minimum Gasteiger partial charge on any atom is -0.342 e. The molecule has 3 nitrogen and oxygen atoms in total. The lowest BCUT2D eigenvalue weighted by molar-refractivity contribution is -0.135. The molecule has 3 rings (SSSR count). The molecule has 2 unspecified atom stereocenters. The number of amides is 1. The molecule has 2 aliphatic heterocycles. The van der Waals surface area contributed by atoms with Crippen LogP contribution >= 0.6 is 12.4 Å². The van der Waals surface area contributed by atoms with Gasteiger partial charge in [-0.25, -0.2) is 0 Å². The van der Waals surface area contributed by atoms with Crippen molar-refractivity contribution in [3.63, 3.8) is 0 Å². The Hall–Kier alpha value is -0.280. The van der Waals surface area contributed by atoms with Crippen LogP contribution in [0.5, 0.6) is 0 Å². The van der Waals surface area contributed by atoms with Gasteiger partial charge in [0.1, 0.15) is 0 Å². The maximum atomic E-state index is 12.5. The summed E-state index contributed by atoms with van der Waals surface area (Å²) in [6.45, 7) is 6.50. The molecule has 1 N–H and O–H groups in total. The van der Waals surface area contributed by atoms with Crippen LogP contribution < -0.4 is 5.32 Å². The van der Waals surface area contributed by atoms with Gasteiger partial charge in [0.25, 0.3) is 0 Å². The fourth-order valence-electron chi connectivity index (χ4n) is 3.78. The highest BCUT2D eigenvalue weighted by atomic mass is 35.5. The first kappa shape index (κ1) is 14.1. The molecular formula is C14H25ClN2O. The first-order valence-electron chi connectivity index (χ1n) is 7.21. The lowest BCUT2D eigenvalue weighted by Gasteiger charge is -2.32. The number of halogens is 1. The second-order valence-electron chi connectivity index (χ2n) is 6.40. The van der Waals surface area contributed by atoms with E-state index in [1.165, 1.54) is 32.1 Å².